The Balaban J connectivity index is 1.81. The smallest absolute Gasteiger partial charge is 0.256 e. The Morgan fingerprint density at radius 1 is 1.43 bits per heavy atom. The van der Waals surface area contributed by atoms with Crippen molar-refractivity contribution in [2.45, 2.75) is 25.4 Å². The van der Waals surface area contributed by atoms with Crippen LogP contribution in [0.4, 0.5) is 5.69 Å². The molecule has 0 aliphatic carbocycles. The van der Waals surface area contributed by atoms with Gasteiger partial charge in [-0.1, -0.05) is 0 Å². The fourth-order valence-electron chi connectivity index (χ4n) is 2.72. The van der Waals surface area contributed by atoms with E-state index in [9.17, 15) is 4.79 Å². The van der Waals surface area contributed by atoms with Gasteiger partial charge < -0.3 is 15.4 Å². The third kappa shape index (κ3) is 2.79. The van der Waals surface area contributed by atoms with Crippen LogP contribution in [0.1, 0.15) is 17.8 Å². The molecule has 2 aromatic rings. The second-order valence-corrected chi connectivity index (χ2v) is 6.55. The first-order valence-corrected chi connectivity index (χ1v) is 7.89. The third-order valence-corrected chi connectivity index (χ3v) is 4.90. The standard InChI is InChI=1S/C15H19N3O2S/c1-10-17-12-4-3-11(9-13(12)21-10)18-14(19)15(20-2)5-7-16-8-6-15/h3-4,9,16H,5-8H2,1-2H3,(H,18,19). The zero-order valence-corrected chi connectivity index (χ0v) is 13.0. The number of benzene rings is 1. The molecule has 0 radical (unpaired) electrons. The fourth-order valence-corrected chi connectivity index (χ4v) is 3.58. The number of piperidine rings is 1. The Labute approximate surface area is 127 Å². The van der Waals surface area contributed by atoms with Crippen LogP contribution in [-0.2, 0) is 9.53 Å². The summed E-state index contributed by atoms with van der Waals surface area (Å²) in [7, 11) is 1.61. The molecule has 5 nitrogen and oxygen atoms in total. The number of anilines is 1. The first kappa shape index (κ1) is 14.4. The van der Waals surface area contributed by atoms with Crippen LogP contribution in [0.25, 0.3) is 10.2 Å². The zero-order chi connectivity index (χ0) is 14.9. The average molecular weight is 305 g/mol. The van der Waals surface area contributed by atoms with Crippen molar-refractivity contribution in [3.05, 3.63) is 23.2 Å². The first-order valence-electron chi connectivity index (χ1n) is 7.07. The zero-order valence-electron chi connectivity index (χ0n) is 12.2. The van der Waals surface area contributed by atoms with Crippen LogP contribution in [0.2, 0.25) is 0 Å². The number of aryl methyl sites for hydroxylation is 1. The van der Waals surface area contributed by atoms with Gasteiger partial charge in [-0.15, -0.1) is 11.3 Å². The van der Waals surface area contributed by atoms with Crippen LogP contribution >= 0.6 is 11.3 Å². The molecule has 0 atom stereocenters. The highest BCUT2D eigenvalue weighted by Crippen LogP contribution is 2.27. The quantitative estimate of drug-likeness (QED) is 0.913. The number of methoxy groups -OCH3 is 1. The predicted molar refractivity (Wildman–Crippen MR) is 84.8 cm³/mol. The van der Waals surface area contributed by atoms with Crippen molar-refractivity contribution in [3.8, 4) is 0 Å². The van der Waals surface area contributed by atoms with Crippen molar-refractivity contribution in [3.63, 3.8) is 0 Å². The molecule has 1 aliphatic rings. The number of nitrogens with zero attached hydrogens (tertiary/aromatic N) is 1. The molecule has 1 aromatic carbocycles. The van der Waals surface area contributed by atoms with E-state index in [4.69, 9.17) is 4.74 Å². The van der Waals surface area contributed by atoms with Crippen LogP contribution in [0, 0.1) is 6.92 Å². The Hall–Kier alpha value is -1.50. The topological polar surface area (TPSA) is 63.2 Å². The number of ether oxygens (including phenoxy) is 1. The van der Waals surface area contributed by atoms with Gasteiger partial charge in [0.15, 0.2) is 0 Å². The molecule has 1 saturated heterocycles. The van der Waals surface area contributed by atoms with Crippen molar-refractivity contribution in [1.82, 2.24) is 10.3 Å². The number of fused-ring (bicyclic) bond motifs is 1. The molecule has 6 heteroatoms. The lowest BCUT2D eigenvalue weighted by Gasteiger charge is -2.34. The molecule has 1 aromatic heterocycles. The maximum absolute atomic E-state index is 12.6. The molecular formula is C15H19N3O2S. The summed E-state index contributed by atoms with van der Waals surface area (Å²) < 4.78 is 6.63. The lowest BCUT2D eigenvalue weighted by molar-refractivity contribution is -0.140. The predicted octanol–water partition coefficient (Wildman–Crippen LogP) is 2.31. The van der Waals surface area contributed by atoms with Crippen LogP contribution in [0.5, 0.6) is 0 Å². The van der Waals surface area contributed by atoms with Gasteiger partial charge >= 0.3 is 0 Å². The minimum absolute atomic E-state index is 0.0629. The van der Waals surface area contributed by atoms with Gasteiger partial charge in [-0.25, -0.2) is 4.98 Å². The molecular weight excluding hydrogens is 286 g/mol. The molecule has 2 heterocycles. The highest BCUT2D eigenvalue weighted by Gasteiger charge is 2.39. The van der Waals surface area contributed by atoms with E-state index in [-0.39, 0.29) is 5.91 Å². The van der Waals surface area contributed by atoms with E-state index in [1.165, 1.54) is 0 Å². The summed E-state index contributed by atoms with van der Waals surface area (Å²) in [4.78, 5) is 17.0. The lowest BCUT2D eigenvalue weighted by atomic mass is 9.91. The van der Waals surface area contributed by atoms with Gasteiger partial charge in [0.2, 0.25) is 0 Å². The molecule has 112 valence electrons. The lowest BCUT2D eigenvalue weighted by Crippen LogP contribution is -2.51. The number of thiazole rings is 1. The second-order valence-electron chi connectivity index (χ2n) is 5.32. The van der Waals surface area contributed by atoms with Crippen LogP contribution in [0.15, 0.2) is 18.2 Å². The number of carbonyl (C=O) groups is 1. The van der Waals surface area contributed by atoms with Crippen molar-refractivity contribution in [2.75, 3.05) is 25.5 Å². The Morgan fingerprint density at radius 3 is 2.90 bits per heavy atom. The molecule has 0 bridgehead atoms. The number of amides is 1. The van der Waals surface area contributed by atoms with Crippen molar-refractivity contribution in [2.24, 2.45) is 0 Å². The van der Waals surface area contributed by atoms with Crippen molar-refractivity contribution < 1.29 is 9.53 Å². The normalized spacial score (nSPS) is 17.8. The van der Waals surface area contributed by atoms with Crippen LogP contribution in [0.3, 0.4) is 0 Å². The van der Waals surface area contributed by atoms with Crippen LogP contribution in [-0.4, -0.2) is 36.7 Å². The Bertz CT molecular complexity index is 662. The van der Waals surface area contributed by atoms with Crippen molar-refractivity contribution in [1.29, 1.82) is 0 Å². The van der Waals surface area contributed by atoms with Gasteiger partial charge in [0.05, 0.1) is 15.2 Å². The van der Waals surface area contributed by atoms with Gasteiger partial charge in [0, 0.05) is 12.8 Å². The Morgan fingerprint density at radius 2 is 2.19 bits per heavy atom. The summed E-state index contributed by atoms with van der Waals surface area (Å²) in [5.74, 6) is -0.0629. The summed E-state index contributed by atoms with van der Waals surface area (Å²) in [5.41, 5.74) is 1.05. The highest BCUT2D eigenvalue weighted by atomic mass is 32.1. The Kier molecular flexibility index (Phi) is 3.93. The number of aromatic nitrogens is 1. The summed E-state index contributed by atoms with van der Waals surface area (Å²) in [6, 6.07) is 5.81. The van der Waals surface area contributed by atoms with E-state index in [1.54, 1.807) is 18.4 Å². The fraction of sp³-hybridized carbons (Fsp3) is 0.467. The van der Waals surface area contributed by atoms with Gasteiger partial charge in [-0.3, -0.25) is 4.79 Å². The number of nitrogens with one attached hydrogen (secondary N) is 2. The van der Waals surface area contributed by atoms with E-state index >= 15 is 0 Å². The molecule has 3 rings (SSSR count). The third-order valence-electron chi connectivity index (χ3n) is 3.97. The van der Waals surface area contributed by atoms with Crippen LogP contribution < -0.4 is 10.6 Å². The summed E-state index contributed by atoms with van der Waals surface area (Å²) >= 11 is 1.63. The largest absolute Gasteiger partial charge is 0.368 e. The summed E-state index contributed by atoms with van der Waals surface area (Å²) in [6.45, 7) is 3.58. The number of hydrogen-bond donors (Lipinski definition) is 2. The van der Waals surface area contributed by atoms with Gasteiger partial charge in [-0.05, 0) is 51.1 Å². The maximum atomic E-state index is 12.6. The van der Waals surface area contributed by atoms with Gasteiger partial charge in [0.1, 0.15) is 5.60 Å². The number of hydrogen-bond acceptors (Lipinski definition) is 5. The second kappa shape index (κ2) is 5.71. The molecule has 1 aliphatic heterocycles. The average Bonchev–Trinajstić information content (AvgIpc) is 2.87. The molecule has 0 saturated carbocycles. The van der Waals surface area contributed by atoms with Gasteiger partial charge in [-0.2, -0.15) is 0 Å². The monoisotopic (exact) mass is 305 g/mol. The number of carbonyl (C=O) groups excluding carboxylic acids is 1. The molecule has 1 fully saturated rings. The highest BCUT2D eigenvalue weighted by molar-refractivity contribution is 7.18. The minimum atomic E-state index is -0.718. The summed E-state index contributed by atoms with van der Waals surface area (Å²) in [5, 5.41) is 7.27. The van der Waals surface area contributed by atoms with Crippen molar-refractivity contribution >= 4 is 33.1 Å². The van der Waals surface area contributed by atoms with Gasteiger partial charge in [0.25, 0.3) is 5.91 Å². The van der Waals surface area contributed by atoms with E-state index in [1.807, 2.05) is 25.1 Å². The van der Waals surface area contributed by atoms with E-state index < -0.39 is 5.60 Å². The minimum Gasteiger partial charge on any atom is -0.368 e. The van der Waals surface area contributed by atoms with E-state index in [0.717, 1.165) is 34.0 Å². The SMILES string of the molecule is COC1(C(=O)Nc2ccc3nc(C)sc3c2)CCNCC1. The maximum Gasteiger partial charge on any atom is 0.256 e. The van der Waals surface area contributed by atoms with E-state index in [2.05, 4.69) is 15.6 Å². The molecule has 1 amide bonds. The van der Waals surface area contributed by atoms with E-state index in [0.29, 0.717) is 12.8 Å². The first-order chi connectivity index (χ1) is 10.1. The summed E-state index contributed by atoms with van der Waals surface area (Å²) in [6.07, 6.45) is 1.38. The molecule has 0 unspecified atom stereocenters. The molecule has 0 spiro atoms. The number of rotatable bonds is 3. The molecule has 21 heavy (non-hydrogen) atoms. The molecule has 2 N–H and O–H groups in total.